The number of carbonyl (C=O) groups is 1. The van der Waals surface area contributed by atoms with E-state index < -0.39 is 10.0 Å². The van der Waals surface area contributed by atoms with Gasteiger partial charge in [-0.15, -0.1) is 11.8 Å². The lowest BCUT2D eigenvalue weighted by Gasteiger charge is -2.34. The zero-order chi connectivity index (χ0) is 22.9. The molecule has 0 bridgehead atoms. The van der Waals surface area contributed by atoms with Crippen LogP contribution in [0.5, 0.6) is 5.75 Å². The van der Waals surface area contributed by atoms with E-state index in [1.807, 2.05) is 24.3 Å². The van der Waals surface area contributed by atoms with Gasteiger partial charge >= 0.3 is 0 Å². The first kappa shape index (κ1) is 23.1. The Hall–Kier alpha value is -2.03. The monoisotopic (exact) mass is 474 g/mol. The molecule has 0 N–H and O–H groups in total. The van der Waals surface area contributed by atoms with E-state index in [0.29, 0.717) is 25.2 Å². The van der Waals surface area contributed by atoms with Gasteiger partial charge in [0.15, 0.2) is 0 Å². The SMILES string of the molecule is COc1ccc(C(=O)N2CCCSc3ccccc32)cc1S(=O)(=O)N1C[C@H](C)C[C@H](C)C1. The number of methoxy groups -OCH3 is 1. The number of sulfonamides is 1. The second kappa shape index (κ2) is 9.45. The van der Waals surface area contributed by atoms with E-state index in [0.717, 1.165) is 29.2 Å². The average molecular weight is 475 g/mol. The molecule has 0 saturated carbocycles. The maximum absolute atomic E-state index is 13.6. The lowest BCUT2D eigenvalue weighted by Crippen LogP contribution is -2.42. The summed E-state index contributed by atoms with van der Waals surface area (Å²) in [5.41, 5.74) is 1.23. The first-order valence-electron chi connectivity index (χ1n) is 11.0. The molecule has 8 heteroatoms. The second-order valence-corrected chi connectivity index (χ2v) is 11.8. The molecule has 32 heavy (non-hydrogen) atoms. The molecule has 2 heterocycles. The summed E-state index contributed by atoms with van der Waals surface area (Å²) in [6.07, 6.45) is 1.88. The zero-order valence-corrected chi connectivity index (χ0v) is 20.4. The molecule has 0 aromatic heterocycles. The van der Waals surface area contributed by atoms with Crippen molar-refractivity contribution in [2.45, 2.75) is 36.5 Å². The lowest BCUT2D eigenvalue weighted by molar-refractivity contribution is 0.0986. The minimum atomic E-state index is -3.79. The van der Waals surface area contributed by atoms with Gasteiger partial charge in [-0.25, -0.2) is 8.42 Å². The molecule has 0 spiro atoms. The van der Waals surface area contributed by atoms with Crippen LogP contribution in [0.2, 0.25) is 0 Å². The first-order chi connectivity index (χ1) is 15.3. The Kier molecular flexibility index (Phi) is 6.83. The third kappa shape index (κ3) is 4.54. The summed E-state index contributed by atoms with van der Waals surface area (Å²) in [6.45, 7) is 5.70. The van der Waals surface area contributed by atoms with Gasteiger partial charge < -0.3 is 9.64 Å². The molecule has 2 aliphatic rings. The summed E-state index contributed by atoms with van der Waals surface area (Å²) >= 11 is 1.74. The second-order valence-electron chi connectivity index (χ2n) is 8.76. The Morgan fingerprint density at radius 2 is 1.81 bits per heavy atom. The number of ether oxygens (including phenoxy) is 1. The number of piperidine rings is 1. The summed E-state index contributed by atoms with van der Waals surface area (Å²) < 4.78 is 34.1. The van der Waals surface area contributed by atoms with Crippen LogP contribution in [-0.4, -0.2) is 51.1 Å². The van der Waals surface area contributed by atoms with E-state index in [2.05, 4.69) is 13.8 Å². The standard InChI is InChI=1S/C24H30N2O4S2/c1-17-13-18(2)16-25(15-17)32(28,29)23-14-19(9-10-21(23)30-3)24(27)26-11-6-12-31-22-8-5-4-7-20(22)26/h4-5,7-10,14,17-18H,6,11-13,15-16H2,1-3H3/t17-,18+. The van der Waals surface area contributed by atoms with Crippen LogP contribution in [-0.2, 0) is 10.0 Å². The largest absolute Gasteiger partial charge is 0.495 e. The summed E-state index contributed by atoms with van der Waals surface area (Å²) in [5, 5.41) is 0. The first-order valence-corrected chi connectivity index (χ1v) is 13.5. The molecule has 1 saturated heterocycles. The third-order valence-electron chi connectivity index (χ3n) is 6.05. The van der Waals surface area contributed by atoms with E-state index in [1.54, 1.807) is 28.8 Å². The number of benzene rings is 2. The highest BCUT2D eigenvalue weighted by Crippen LogP contribution is 2.36. The highest BCUT2D eigenvalue weighted by Gasteiger charge is 2.34. The van der Waals surface area contributed by atoms with Gasteiger partial charge in [0.05, 0.1) is 12.8 Å². The van der Waals surface area contributed by atoms with Crippen molar-refractivity contribution in [2.24, 2.45) is 11.8 Å². The van der Waals surface area contributed by atoms with Crippen molar-refractivity contribution in [1.29, 1.82) is 0 Å². The van der Waals surface area contributed by atoms with Crippen molar-refractivity contribution in [3.63, 3.8) is 0 Å². The van der Waals surface area contributed by atoms with Gasteiger partial charge in [-0.05, 0) is 60.8 Å². The van der Waals surface area contributed by atoms with Crippen LogP contribution >= 0.6 is 11.8 Å². The highest BCUT2D eigenvalue weighted by atomic mass is 32.2. The number of para-hydroxylation sites is 1. The summed E-state index contributed by atoms with van der Waals surface area (Å²) in [5.74, 6) is 1.58. The van der Waals surface area contributed by atoms with Crippen LogP contribution in [0.1, 0.15) is 37.0 Å². The van der Waals surface area contributed by atoms with Crippen LogP contribution in [0.4, 0.5) is 5.69 Å². The van der Waals surface area contributed by atoms with E-state index in [1.165, 1.54) is 17.5 Å². The molecule has 6 nitrogen and oxygen atoms in total. The number of amides is 1. The van der Waals surface area contributed by atoms with E-state index in [-0.39, 0.29) is 28.4 Å². The Morgan fingerprint density at radius 3 is 2.53 bits per heavy atom. The predicted molar refractivity (Wildman–Crippen MR) is 128 cm³/mol. The van der Waals surface area contributed by atoms with E-state index in [9.17, 15) is 13.2 Å². The quantitative estimate of drug-likeness (QED) is 0.653. The molecule has 1 amide bonds. The minimum Gasteiger partial charge on any atom is -0.495 e. The Labute approximate surface area is 195 Å². The zero-order valence-electron chi connectivity index (χ0n) is 18.8. The van der Waals surface area contributed by atoms with E-state index >= 15 is 0 Å². The highest BCUT2D eigenvalue weighted by molar-refractivity contribution is 7.99. The molecule has 2 aromatic rings. The molecule has 172 valence electrons. The molecule has 1 fully saturated rings. The van der Waals surface area contributed by atoms with Crippen LogP contribution < -0.4 is 9.64 Å². The van der Waals surface area contributed by atoms with E-state index in [4.69, 9.17) is 4.74 Å². The van der Waals surface area contributed by atoms with Gasteiger partial charge in [0.1, 0.15) is 10.6 Å². The number of hydrogen-bond donors (Lipinski definition) is 0. The molecule has 4 rings (SSSR count). The third-order valence-corrected chi connectivity index (χ3v) is 9.05. The average Bonchev–Trinajstić information content (AvgIpc) is 3.00. The fourth-order valence-electron chi connectivity index (χ4n) is 4.65. The summed E-state index contributed by atoms with van der Waals surface area (Å²) in [6, 6.07) is 12.6. The number of rotatable bonds is 4. The molecular formula is C24H30N2O4S2. The van der Waals surface area contributed by atoms with Crippen molar-refractivity contribution in [3.8, 4) is 5.75 Å². The smallest absolute Gasteiger partial charge is 0.258 e. The maximum atomic E-state index is 13.6. The van der Waals surface area contributed by atoms with Crippen molar-refractivity contribution in [1.82, 2.24) is 4.31 Å². The Bertz CT molecular complexity index is 1090. The van der Waals surface area contributed by atoms with Crippen molar-refractivity contribution in [3.05, 3.63) is 48.0 Å². The van der Waals surface area contributed by atoms with Gasteiger partial charge in [-0.3, -0.25) is 4.79 Å². The number of fused-ring (bicyclic) bond motifs is 1. The molecule has 2 atom stereocenters. The molecule has 0 aliphatic carbocycles. The molecule has 0 radical (unpaired) electrons. The van der Waals surface area contributed by atoms with Crippen molar-refractivity contribution < 1.29 is 17.9 Å². The number of thioether (sulfide) groups is 1. The molecule has 2 aliphatic heterocycles. The molecule has 0 unspecified atom stereocenters. The normalized spacial score (nSPS) is 22.2. The van der Waals surface area contributed by atoms with Gasteiger partial charge in [-0.2, -0.15) is 4.31 Å². The molecule has 2 aromatic carbocycles. The fraction of sp³-hybridized carbons (Fsp3) is 0.458. The number of nitrogens with zero attached hydrogens (tertiary/aromatic N) is 2. The van der Waals surface area contributed by atoms with Crippen LogP contribution in [0, 0.1) is 11.8 Å². The minimum absolute atomic E-state index is 0.0598. The lowest BCUT2D eigenvalue weighted by atomic mass is 9.94. The van der Waals surface area contributed by atoms with Crippen LogP contribution in [0.3, 0.4) is 0 Å². The Balaban J connectivity index is 1.72. The van der Waals surface area contributed by atoms with Gasteiger partial charge in [0, 0.05) is 30.1 Å². The van der Waals surface area contributed by atoms with Crippen LogP contribution in [0.25, 0.3) is 0 Å². The Morgan fingerprint density at radius 1 is 1.09 bits per heavy atom. The van der Waals surface area contributed by atoms with Crippen LogP contribution in [0.15, 0.2) is 52.3 Å². The topological polar surface area (TPSA) is 66.9 Å². The maximum Gasteiger partial charge on any atom is 0.258 e. The van der Waals surface area contributed by atoms with Gasteiger partial charge in [-0.1, -0.05) is 26.0 Å². The van der Waals surface area contributed by atoms with Crippen molar-refractivity contribution >= 4 is 33.4 Å². The van der Waals surface area contributed by atoms with Gasteiger partial charge in [0.25, 0.3) is 5.91 Å². The number of carbonyl (C=O) groups excluding carboxylic acids is 1. The molecular weight excluding hydrogens is 444 g/mol. The predicted octanol–water partition coefficient (Wildman–Crippen LogP) is 4.50. The summed E-state index contributed by atoms with van der Waals surface area (Å²) in [7, 11) is -2.33. The summed E-state index contributed by atoms with van der Waals surface area (Å²) in [4.78, 5) is 16.4. The number of hydrogen-bond acceptors (Lipinski definition) is 5. The number of anilines is 1. The van der Waals surface area contributed by atoms with Gasteiger partial charge in [0.2, 0.25) is 10.0 Å². The fourth-order valence-corrected chi connectivity index (χ4v) is 7.50. The van der Waals surface area contributed by atoms with Crippen molar-refractivity contribution in [2.75, 3.05) is 37.4 Å².